The third kappa shape index (κ3) is 5.21. The molecule has 1 saturated heterocycles. The molecule has 1 aromatic carbocycles. The zero-order chi connectivity index (χ0) is 29.6. The fourth-order valence-electron chi connectivity index (χ4n) is 5.12. The van der Waals surface area contributed by atoms with Gasteiger partial charge in [0, 0.05) is 12.2 Å². The first kappa shape index (κ1) is 28.4. The quantitative estimate of drug-likeness (QED) is 0.185. The summed E-state index contributed by atoms with van der Waals surface area (Å²) >= 11 is 6.00. The summed E-state index contributed by atoms with van der Waals surface area (Å²) in [6, 6.07) is 5.87. The largest absolute Gasteiger partial charge is 0.394 e. The number of fused-ring (bicyclic) bond motifs is 1. The van der Waals surface area contributed by atoms with Gasteiger partial charge in [0.25, 0.3) is 21.9 Å². The molecular formula is C25H27ClN8O7S. The lowest BCUT2D eigenvalue weighted by molar-refractivity contribution is -0.0511. The van der Waals surface area contributed by atoms with Gasteiger partial charge in [-0.2, -0.15) is 15.1 Å². The number of amides is 1. The molecule has 4 heterocycles. The predicted molar refractivity (Wildman–Crippen MR) is 147 cm³/mol. The van der Waals surface area contributed by atoms with Crippen LogP contribution in [0.15, 0.2) is 47.9 Å². The molecule has 5 N–H and O–H groups in total. The molecule has 42 heavy (non-hydrogen) atoms. The van der Waals surface area contributed by atoms with Gasteiger partial charge in [0.2, 0.25) is 0 Å². The van der Waals surface area contributed by atoms with Gasteiger partial charge in [-0.15, -0.1) is 0 Å². The van der Waals surface area contributed by atoms with Gasteiger partial charge < -0.3 is 25.4 Å². The van der Waals surface area contributed by atoms with Gasteiger partial charge >= 0.3 is 0 Å². The molecule has 6 rings (SSSR count). The van der Waals surface area contributed by atoms with E-state index in [1.807, 2.05) is 4.72 Å². The van der Waals surface area contributed by atoms with Crippen LogP contribution in [0.5, 0.6) is 0 Å². The van der Waals surface area contributed by atoms with Gasteiger partial charge in [-0.05, 0) is 25.0 Å². The number of aliphatic hydroxyl groups is 3. The molecule has 4 atom stereocenters. The molecular weight excluding hydrogens is 592 g/mol. The molecule has 0 bridgehead atoms. The van der Waals surface area contributed by atoms with Crippen LogP contribution in [-0.2, 0) is 14.8 Å². The van der Waals surface area contributed by atoms with Crippen molar-refractivity contribution in [2.45, 2.75) is 61.2 Å². The van der Waals surface area contributed by atoms with Crippen molar-refractivity contribution in [2.24, 2.45) is 0 Å². The number of ether oxygens (including phenoxy) is 1. The summed E-state index contributed by atoms with van der Waals surface area (Å²) in [5.74, 6) is -0.539. The molecule has 1 aliphatic heterocycles. The van der Waals surface area contributed by atoms with Crippen LogP contribution in [0.3, 0.4) is 0 Å². The van der Waals surface area contributed by atoms with Gasteiger partial charge in [-0.1, -0.05) is 36.6 Å². The summed E-state index contributed by atoms with van der Waals surface area (Å²) in [5, 5.41) is 38.0. The first-order chi connectivity index (χ1) is 20.2. The van der Waals surface area contributed by atoms with E-state index in [0.717, 1.165) is 25.7 Å². The number of halogens is 1. The van der Waals surface area contributed by atoms with Crippen molar-refractivity contribution in [3.05, 3.63) is 53.6 Å². The maximum Gasteiger partial charge on any atom is 0.268 e. The Bertz CT molecular complexity index is 1740. The minimum absolute atomic E-state index is 0.0181. The average molecular weight is 619 g/mol. The predicted octanol–water partition coefficient (Wildman–Crippen LogP) is 0.750. The van der Waals surface area contributed by atoms with Gasteiger partial charge in [0.15, 0.2) is 23.2 Å². The van der Waals surface area contributed by atoms with Crippen molar-refractivity contribution >= 4 is 44.5 Å². The molecule has 2 aliphatic rings. The van der Waals surface area contributed by atoms with Crippen LogP contribution in [0.2, 0.25) is 5.02 Å². The fraction of sp³-hybridized carbons (Fsp3) is 0.400. The Balaban J connectivity index is 1.35. The number of rotatable bonds is 8. The summed E-state index contributed by atoms with van der Waals surface area (Å²) < 4.78 is 35.8. The second kappa shape index (κ2) is 11.2. The van der Waals surface area contributed by atoms with Crippen LogP contribution in [0, 0.1) is 0 Å². The van der Waals surface area contributed by atoms with E-state index in [1.54, 1.807) is 6.07 Å². The highest BCUT2D eigenvalue weighted by Crippen LogP contribution is 2.33. The zero-order valence-corrected chi connectivity index (χ0v) is 23.5. The first-order valence-corrected chi connectivity index (χ1v) is 15.0. The smallest absolute Gasteiger partial charge is 0.268 e. The Kier molecular flexibility index (Phi) is 7.59. The van der Waals surface area contributed by atoms with Crippen molar-refractivity contribution < 1.29 is 33.3 Å². The Morgan fingerprint density at radius 1 is 1.14 bits per heavy atom. The molecule has 3 aromatic heterocycles. The number of hydrogen-bond acceptors (Lipinski definition) is 12. The summed E-state index contributed by atoms with van der Waals surface area (Å²) in [7, 11) is -4.26. The second-order valence-corrected chi connectivity index (χ2v) is 12.1. The Morgan fingerprint density at radius 2 is 1.90 bits per heavy atom. The standard InChI is InChI=1S/C25H27ClN8O7S/c26-15-7-3-4-8-17(15)42(39,40)32-23(38)13-9-28-34(10-13)25-30-21(29-14-5-1-2-6-14)18-22(31-25)33(12-27-18)24-20(37)19(36)16(11-35)41-24/h3-4,7-10,12,14,16,19-20,24,35-37H,1-2,5-6,11H2,(H,32,38)(H,29,30,31)/t16-,19?,20?,24-/m1/s1. The minimum Gasteiger partial charge on any atom is -0.394 e. The molecule has 1 amide bonds. The molecule has 222 valence electrons. The Hall–Kier alpha value is -3.67. The number of hydrogen-bond donors (Lipinski definition) is 5. The lowest BCUT2D eigenvalue weighted by Gasteiger charge is -2.18. The van der Waals surface area contributed by atoms with Gasteiger partial charge in [0.1, 0.15) is 23.2 Å². The van der Waals surface area contributed by atoms with E-state index in [-0.39, 0.29) is 33.1 Å². The van der Waals surface area contributed by atoms with Crippen molar-refractivity contribution in [2.75, 3.05) is 11.9 Å². The number of benzene rings is 1. The topological polar surface area (TPSA) is 207 Å². The number of anilines is 1. The summed E-state index contributed by atoms with van der Waals surface area (Å²) in [4.78, 5) is 26.2. The highest BCUT2D eigenvalue weighted by molar-refractivity contribution is 7.90. The number of carbonyl (C=O) groups excluding carboxylic acids is 1. The van der Waals surface area contributed by atoms with E-state index in [4.69, 9.17) is 16.3 Å². The summed E-state index contributed by atoms with van der Waals surface area (Å²) in [5.41, 5.74) is 0.522. The molecule has 15 nitrogen and oxygen atoms in total. The number of nitrogens with zero attached hydrogens (tertiary/aromatic N) is 6. The summed E-state index contributed by atoms with van der Waals surface area (Å²) in [6.07, 6.45) is 3.01. The minimum atomic E-state index is -4.26. The molecule has 0 spiro atoms. The maximum absolute atomic E-state index is 12.9. The van der Waals surface area contributed by atoms with Gasteiger partial charge in [-0.3, -0.25) is 9.36 Å². The van der Waals surface area contributed by atoms with Crippen LogP contribution in [0.25, 0.3) is 17.1 Å². The van der Waals surface area contributed by atoms with Crippen molar-refractivity contribution in [3.63, 3.8) is 0 Å². The summed E-state index contributed by atoms with van der Waals surface area (Å²) in [6.45, 7) is -0.500. The monoisotopic (exact) mass is 618 g/mol. The zero-order valence-electron chi connectivity index (χ0n) is 21.9. The molecule has 1 saturated carbocycles. The molecule has 4 aromatic rings. The number of imidazole rings is 1. The molecule has 17 heteroatoms. The molecule has 0 radical (unpaired) electrons. The lowest BCUT2D eigenvalue weighted by Crippen LogP contribution is -2.33. The van der Waals surface area contributed by atoms with Crippen LogP contribution in [0.4, 0.5) is 5.82 Å². The number of aliphatic hydroxyl groups excluding tert-OH is 3. The van der Waals surface area contributed by atoms with E-state index >= 15 is 0 Å². The van der Waals surface area contributed by atoms with Crippen LogP contribution >= 0.6 is 11.6 Å². The van der Waals surface area contributed by atoms with E-state index in [1.165, 1.54) is 46.2 Å². The molecule has 2 fully saturated rings. The van der Waals surface area contributed by atoms with Crippen LogP contribution in [0.1, 0.15) is 42.3 Å². The molecule has 2 unspecified atom stereocenters. The van der Waals surface area contributed by atoms with Crippen molar-refractivity contribution in [3.8, 4) is 5.95 Å². The first-order valence-electron chi connectivity index (χ1n) is 13.2. The molecule has 1 aliphatic carbocycles. The van der Waals surface area contributed by atoms with E-state index in [9.17, 15) is 28.5 Å². The number of carbonyl (C=O) groups is 1. The highest BCUT2D eigenvalue weighted by Gasteiger charge is 2.44. The lowest BCUT2D eigenvalue weighted by atomic mass is 10.1. The van der Waals surface area contributed by atoms with Gasteiger partial charge in [0.05, 0.1) is 29.7 Å². The highest BCUT2D eigenvalue weighted by atomic mass is 35.5. The van der Waals surface area contributed by atoms with E-state index in [0.29, 0.717) is 11.3 Å². The van der Waals surface area contributed by atoms with E-state index in [2.05, 4.69) is 25.4 Å². The average Bonchev–Trinajstić information content (AvgIpc) is 3.77. The van der Waals surface area contributed by atoms with Crippen LogP contribution < -0.4 is 10.0 Å². The fourth-order valence-corrected chi connectivity index (χ4v) is 6.61. The van der Waals surface area contributed by atoms with Gasteiger partial charge in [-0.25, -0.2) is 22.8 Å². The number of aromatic nitrogens is 6. The van der Waals surface area contributed by atoms with Crippen molar-refractivity contribution in [1.82, 2.24) is 34.0 Å². The Morgan fingerprint density at radius 3 is 2.62 bits per heavy atom. The third-order valence-electron chi connectivity index (χ3n) is 7.30. The number of nitrogens with one attached hydrogen (secondary N) is 2. The SMILES string of the molecule is O=C(NS(=O)(=O)c1ccccc1Cl)c1cnn(-c2nc(NC3CCCC3)c3ncn([C@@H]4O[C@H](CO)C(O)C4O)c3n2)c1. The Labute approximate surface area is 244 Å². The normalized spacial score (nSPS) is 23.0. The third-order valence-corrected chi connectivity index (χ3v) is 9.13. The van der Waals surface area contributed by atoms with Crippen molar-refractivity contribution in [1.29, 1.82) is 0 Å². The second-order valence-electron chi connectivity index (χ2n) is 10.1. The van der Waals surface area contributed by atoms with Crippen LogP contribution in [-0.4, -0.2) is 89.9 Å². The van der Waals surface area contributed by atoms with E-state index < -0.39 is 47.1 Å². The maximum atomic E-state index is 12.9. The number of sulfonamides is 1.